The monoisotopic (exact) mass is 332 g/mol. The van der Waals surface area contributed by atoms with Gasteiger partial charge in [-0.2, -0.15) is 5.43 Å². The number of anilines is 1. The van der Waals surface area contributed by atoms with E-state index in [1.54, 1.807) is 6.20 Å². The highest BCUT2D eigenvalue weighted by Gasteiger charge is 2.32. The summed E-state index contributed by atoms with van der Waals surface area (Å²) in [4.78, 5) is 13.7. The molecule has 6 N–H and O–H groups in total. The van der Waals surface area contributed by atoms with Crippen molar-refractivity contribution >= 4 is 11.8 Å². The first-order valence-electron chi connectivity index (χ1n) is 8.68. The zero-order valence-electron chi connectivity index (χ0n) is 14.5. The van der Waals surface area contributed by atoms with E-state index in [1.807, 2.05) is 12.1 Å². The van der Waals surface area contributed by atoms with E-state index in [1.165, 1.54) is 12.8 Å². The Kier molecular flexibility index (Phi) is 4.88. The number of aromatic nitrogens is 1. The van der Waals surface area contributed by atoms with Gasteiger partial charge in [-0.05, 0) is 38.1 Å². The molecular weight excluding hydrogens is 304 g/mol. The quantitative estimate of drug-likeness (QED) is 0.575. The number of nitrogens with one attached hydrogen (secondary N) is 2. The summed E-state index contributed by atoms with van der Waals surface area (Å²) in [7, 11) is 0. The lowest BCUT2D eigenvalue weighted by atomic mass is 10.1. The molecule has 0 bridgehead atoms. The molecule has 0 aliphatic carbocycles. The van der Waals surface area contributed by atoms with E-state index in [0.29, 0.717) is 6.04 Å². The van der Waals surface area contributed by atoms with E-state index in [2.05, 4.69) is 44.5 Å². The maximum absolute atomic E-state index is 6.20. The van der Waals surface area contributed by atoms with Gasteiger partial charge in [-0.25, -0.2) is 9.98 Å². The zero-order chi connectivity index (χ0) is 17.2. The third-order valence-corrected chi connectivity index (χ3v) is 4.90. The van der Waals surface area contributed by atoms with Crippen molar-refractivity contribution in [2.24, 2.45) is 16.5 Å². The maximum atomic E-state index is 6.20. The molecule has 3 heterocycles. The normalized spacial score (nSPS) is 26.8. The molecule has 2 aliphatic heterocycles. The van der Waals surface area contributed by atoms with E-state index < -0.39 is 5.79 Å². The molecule has 2 unspecified atom stereocenters. The van der Waals surface area contributed by atoms with Gasteiger partial charge in [-0.3, -0.25) is 11.2 Å². The van der Waals surface area contributed by atoms with Crippen LogP contribution in [0.2, 0.25) is 0 Å². The molecule has 1 saturated heterocycles. The molecule has 24 heavy (non-hydrogen) atoms. The minimum Gasteiger partial charge on any atom is -0.369 e. The standard InChI is InChI=1S/C16H28N8/c1-3-23(4-2)11-13-6-5-9-24(13)14-8-7-12(10-19-14)16(18)20-15(17)21-22-16/h7-8,10,13,22H,3-6,9,11,18H2,1-2H3,(H3,17,20,21). The number of hydrogen-bond donors (Lipinski definition) is 4. The highest BCUT2D eigenvalue weighted by Crippen LogP contribution is 2.26. The van der Waals surface area contributed by atoms with Crippen molar-refractivity contribution in [2.45, 2.75) is 38.5 Å². The third-order valence-electron chi connectivity index (χ3n) is 4.90. The van der Waals surface area contributed by atoms with Crippen LogP contribution >= 0.6 is 0 Å². The molecule has 132 valence electrons. The van der Waals surface area contributed by atoms with Gasteiger partial charge in [0.15, 0.2) is 0 Å². The Morgan fingerprint density at radius 2 is 2.17 bits per heavy atom. The van der Waals surface area contributed by atoms with Crippen molar-refractivity contribution < 1.29 is 0 Å². The summed E-state index contributed by atoms with van der Waals surface area (Å²) in [6.45, 7) is 8.74. The predicted octanol–water partition coefficient (Wildman–Crippen LogP) is -0.116. The van der Waals surface area contributed by atoms with Crippen molar-refractivity contribution in [1.82, 2.24) is 20.7 Å². The number of hydrogen-bond acceptors (Lipinski definition) is 8. The van der Waals surface area contributed by atoms with Crippen molar-refractivity contribution in [3.8, 4) is 0 Å². The van der Waals surface area contributed by atoms with E-state index in [-0.39, 0.29) is 5.96 Å². The molecule has 1 fully saturated rings. The smallest absolute Gasteiger partial charge is 0.210 e. The van der Waals surface area contributed by atoms with Crippen LogP contribution in [0.5, 0.6) is 0 Å². The van der Waals surface area contributed by atoms with Crippen LogP contribution in [0.25, 0.3) is 0 Å². The molecular formula is C16H28N8. The van der Waals surface area contributed by atoms with Crippen LogP contribution in [0.1, 0.15) is 32.3 Å². The number of nitrogens with zero attached hydrogens (tertiary/aromatic N) is 4. The summed E-state index contributed by atoms with van der Waals surface area (Å²) in [5.41, 5.74) is 18.2. The first kappa shape index (κ1) is 16.9. The number of hydrazine groups is 1. The Hall–Kier alpha value is -1.90. The average molecular weight is 332 g/mol. The van der Waals surface area contributed by atoms with Gasteiger partial charge >= 0.3 is 0 Å². The molecule has 0 saturated carbocycles. The Balaban J connectivity index is 1.73. The largest absolute Gasteiger partial charge is 0.369 e. The third kappa shape index (κ3) is 3.31. The summed E-state index contributed by atoms with van der Waals surface area (Å²) in [5, 5.41) is 0. The van der Waals surface area contributed by atoms with Crippen LogP contribution in [-0.2, 0) is 5.79 Å². The van der Waals surface area contributed by atoms with Gasteiger partial charge in [0.2, 0.25) is 11.7 Å². The minimum absolute atomic E-state index is 0.278. The first-order chi connectivity index (χ1) is 11.6. The second-order valence-electron chi connectivity index (χ2n) is 6.39. The summed E-state index contributed by atoms with van der Waals surface area (Å²) in [6.07, 6.45) is 4.20. The average Bonchev–Trinajstić information content (AvgIpc) is 3.19. The topological polar surface area (TPSA) is 108 Å². The molecule has 8 heteroatoms. The number of nitrogens with two attached hydrogens (primary N) is 2. The van der Waals surface area contributed by atoms with Crippen molar-refractivity contribution in [3.05, 3.63) is 23.9 Å². The van der Waals surface area contributed by atoms with Gasteiger partial charge in [-0.15, -0.1) is 0 Å². The Labute approximate surface area is 143 Å². The van der Waals surface area contributed by atoms with E-state index in [4.69, 9.17) is 11.5 Å². The van der Waals surface area contributed by atoms with Gasteiger partial charge < -0.3 is 15.5 Å². The zero-order valence-corrected chi connectivity index (χ0v) is 14.5. The van der Waals surface area contributed by atoms with Crippen molar-refractivity contribution in [1.29, 1.82) is 0 Å². The lowest BCUT2D eigenvalue weighted by molar-refractivity contribution is 0.283. The second kappa shape index (κ2) is 6.92. The van der Waals surface area contributed by atoms with Crippen LogP contribution in [0, 0.1) is 0 Å². The summed E-state index contributed by atoms with van der Waals surface area (Å²) < 4.78 is 0. The molecule has 8 nitrogen and oxygen atoms in total. The van der Waals surface area contributed by atoms with Crippen LogP contribution in [0.15, 0.2) is 23.3 Å². The number of aliphatic imine (C=N–C) groups is 1. The van der Waals surface area contributed by atoms with Crippen molar-refractivity contribution in [2.75, 3.05) is 31.1 Å². The summed E-state index contributed by atoms with van der Waals surface area (Å²) in [5.74, 6) is 0.224. The first-order valence-corrected chi connectivity index (χ1v) is 8.68. The molecule has 0 spiro atoms. The van der Waals surface area contributed by atoms with Crippen LogP contribution < -0.4 is 27.2 Å². The fourth-order valence-corrected chi connectivity index (χ4v) is 3.43. The van der Waals surface area contributed by atoms with Gasteiger partial charge in [0.05, 0.1) is 0 Å². The van der Waals surface area contributed by atoms with Gasteiger partial charge in [0.25, 0.3) is 0 Å². The van der Waals surface area contributed by atoms with E-state index in [0.717, 1.165) is 37.6 Å². The van der Waals surface area contributed by atoms with Crippen molar-refractivity contribution in [3.63, 3.8) is 0 Å². The van der Waals surface area contributed by atoms with Gasteiger partial charge in [0.1, 0.15) is 5.82 Å². The van der Waals surface area contributed by atoms with Crippen LogP contribution in [0.3, 0.4) is 0 Å². The number of likely N-dealkylation sites (N-methyl/N-ethyl adjacent to an activating group) is 1. The number of guanidine groups is 1. The van der Waals surface area contributed by atoms with E-state index in [9.17, 15) is 0 Å². The predicted molar refractivity (Wildman–Crippen MR) is 96.2 cm³/mol. The molecule has 0 radical (unpaired) electrons. The molecule has 1 aromatic heterocycles. The maximum Gasteiger partial charge on any atom is 0.210 e. The SMILES string of the molecule is CCN(CC)CC1CCCN1c1ccc(C2(N)N=C(N)NN2)cn1. The Morgan fingerprint density at radius 1 is 1.38 bits per heavy atom. The summed E-state index contributed by atoms with van der Waals surface area (Å²) >= 11 is 0. The van der Waals surface area contributed by atoms with Gasteiger partial charge in [0, 0.05) is 30.9 Å². The Bertz CT molecular complexity index is 582. The number of rotatable bonds is 6. The molecule has 3 rings (SSSR count). The molecule has 0 amide bonds. The van der Waals surface area contributed by atoms with Crippen LogP contribution in [0.4, 0.5) is 5.82 Å². The van der Waals surface area contributed by atoms with Gasteiger partial charge in [-0.1, -0.05) is 13.8 Å². The lowest BCUT2D eigenvalue weighted by Crippen LogP contribution is -2.50. The second-order valence-corrected chi connectivity index (χ2v) is 6.39. The Morgan fingerprint density at radius 3 is 2.75 bits per heavy atom. The fraction of sp³-hybridized carbons (Fsp3) is 0.625. The molecule has 2 atom stereocenters. The highest BCUT2D eigenvalue weighted by molar-refractivity contribution is 5.79. The molecule has 0 aromatic carbocycles. The highest BCUT2D eigenvalue weighted by atomic mass is 15.6. The lowest BCUT2D eigenvalue weighted by Gasteiger charge is -2.30. The van der Waals surface area contributed by atoms with Crippen LogP contribution in [-0.4, -0.2) is 48.1 Å². The number of pyridine rings is 1. The van der Waals surface area contributed by atoms with E-state index >= 15 is 0 Å². The molecule has 2 aliphatic rings. The molecule has 1 aromatic rings. The fourth-order valence-electron chi connectivity index (χ4n) is 3.43. The minimum atomic E-state index is -1.05. The summed E-state index contributed by atoms with van der Waals surface area (Å²) in [6, 6.07) is 4.51.